The maximum atomic E-state index is 12.7. The second kappa shape index (κ2) is 10.3. The maximum Gasteiger partial charge on any atom is 0.407 e. The maximum absolute atomic E-state index is 12.7. The van der Waals surface area contributed by atoms with Crippen LogP contribution in [-0.4, -0.2) is 41.8 Å². The Balaban J connectivity index is 1.31. The predicted octanol–water partition coefficient (Wildman–Crippen LogP) is 4.31. The number of carboxylic acid groups (broad SMARTS) is 1. The molecule has 2 aliphatic rings. The molecule has 0 saturated heterocycles. The van der Waals surface area contributed by atoms with Gasteiger partial charge in [0.2, 0.25) is 5.91 Å². The Morgan fingerprint density at radius 3 is 2.24 bits per heavy atom. The molecule has 3 N–H and O–H groups in total. The summed E-state index contributed by atoms with van der Waals surface area (Å²) in [5.74, 6) is -2.01. The van der Waals surface area contributed by atoms with Crippen LogP contribution in [0.1, 0.15) is 56.6 Å². The molecule has 7 nitrogen and oxygen atoms in total. The van der Waals surface area contributed by atoms with Crippen LogP contribution >= 0.6 is 0 Å². The molecular formula is C27H32N2O5. The first-order valence-corrected chi connectivity index (χ1v) is 12.0. The van der Waals surface area contributed by atoms with Gasteiger partial charge in [0.1, 0.15) is 6.61 Å². The summed E-state index contributed by atoms with van der Waals surface area (Å²) in [5, 5.41) is 14.9. The molecule has 4 rings (SSSR count). The first kappa shape index (κ1) is 23.8. The average molecular weight is 465 g/mol. The number of fused-ring (bicyclic) bond motifs is 3. The summed E-state index contributed by atoms with van der Waals surface area (Å²) < 4.78 is 5.64. The summed E-state index contributed by atoms with van der Waals surface area (Å²) in [6, 6.07) is 15.8. The first-order chi connectivity index (χ1) is 16.3. The Kier molecular flexibility index (Phi) is 7.20. The highest BCUT2D eigenvalue weighted by atomic mass is 16.5. The Labute approximate surface area is 199 Å². The summed E-state index contributed by atoms with van der Waals surface area (Å²) in [7, 11) is 0. The molecule has 34 heavy (non-hydrogen) atoms. The fraction of sp³-hybridized carbons (Fsp3) is 0.444. The number of carbonyl (C=O) groups is 3. The highest BCUT2D eigenvalue weighted by Crippen LogP contribution is 2.44. The van der Waals surface area contributed by atoms with Crippen LogP contribution < -0.4 is 10.6 Å². The predicted molar refractivity (Wildman–Crippen MR) is 128 cm³/mol. The highest BCUT2D eigenvalue weighted by Gasteiger charge is 2.32. The van der Waals surface area contributed by atoms with E-state index >= 15 is 0 Å². The van der Waals surface area contributed by atoms with Gasteiger partial charge >= 0.3 is 12.1 Å². The molecule has 1 fully saturated rings. The van der Waals surface area contributed by atoms with E-state index in [1.54, 1.807) is 13.8 Å². The third-order valence-corrected chi connectivity index (χ3v) is 7.22. The van der Waals surface area contributed by atoms with Gasteiger partial charge in [-0.15, -0.1) is 0 Å². The molecule has 2 amide bonds. The van der Waals surface area contributed by atoms with Gasteiger partial charge in [-0.05, 0) is 55.4 Å². The lowest BCUT2D eigenvalue weighted by Crippen LogP contribution is -2.46. The van der Waals surface area contributed by atoms with Gasteiger partial charge in [-0.2, -0.15) is 0 Å². The zero-order valence-electron chi connectivity index (χ0n) is 19.6. The van der Waals surface area contributed by atoms with Crippen LogP contribution in [0.4, 0.5) is 4.79 Å². The molecule has 4 atom stereocenters. The number of aliphatic carboxylic acids is 1. The summed E-state index contributed by atoms with van der Waals surface area (Å²) >= 11 is 0. The van der Waals surface area contributed by atoms with Crippen LogP contribution in [0.25, 0.3) is 11.1 Å². The zero-order chi connectivity index (χ0) is 24.2. The SMILES string of the molecule is CC(NC(=O)[C@H]1CCC[C@@H](NC(=O)OCC2c3ccccc3-c3ccccc32)C1)C(C)C(=O)O. The second-order valence-corrected chi connectivity index (χ2v) is 9.45. The number of ether oxygens (including phenoxy) is 1. The smallest absolute Gasteiger partial charge is 0.407 e. The van der Waals surface area contributed by atoms with Crippen LogP contribution in [0.2, 0.25) is 0 Å². The lowest BCUT2D eigenvalue weighted by molar-refractivity contribution is -0.142. The van der Waals surface area contributed by atoms with Gasteiger partial charge in [-0.1, -0.05) is 55.0 Å². The third-order valence-electron chi connectivity index (χ3n) is 7.22. The molecule has 1 saturated carbocycles. The van der Waals surface area contributed by atoms with E-state index in [0.29, 0.717) is 6.42 Å². The van der Waals surface area contributed by atoms with Crippen LogP contribution in [0, 0.1) is 11.8 Å². The quantitative estimate of drug-likeness (QED) is 0.566. The van der Waals surface area contributed by atoms with Crippen LogP contribution in [-0.2, 0) is 14.3 Å². The third kappa shape index (κ3) is 5.08. The number of nitrogens with one attached hydrogen (secondary N) is 2. The van der Waals surface area contributed by atoms with Gasteiger partial charge in [0.05, 0.1) is 5.92 Å². The van der Waals surface area contributed by atoms with Crippen molar-refractivity contribution < 1.29 is 24.2 Å². The standard InChI is InChI=1S/C27H32N2O5/c1-16(26(31)32)17(2)28-25(30)18-8-7-9-19(14-18)29-27(33)34-15-24-22-12-5-3-10-20(22)21-11-4-6-13-23(21)24/h3-6,10-13,16-19,24H,7-9,14-15H2,1-2H3,(H,28,30)(H,29,33)(H,31,32)/t16?,17?,18-,19+/m0/s1. The van der Waals surface area contributed by atoms with Crippen molar-refractivity contribution >= 4 is 18.0 Å². The van der Waals surface area contributed by atoms with Crippen LogP contribution in [0.15, 0.2) is 48.5 Å². The van der Waals surface area contributed by atoms with E-state index in [4.69, 9.17) is 9.84 Å². The van der Waals surface area contributed by atoms with Gasteiger partial charge in [-0.25, -0.2) is 4.79 Å². The monoisotopic (exact) mass is 464 g/mol. The minimum Gasteiger partial charge on any atom is -0.481 e. The van der Waals surface area contributed by atoms with E-state index in [-0.39, 0.29) is 30.4 Å². The van der Waals surface area contributed by atoms with Crippen LogP contribution in [0.3, 0.4) is 0 Å². The average Bonchev–Trinajstić information content (AvgIpc) is 3.16. The van der Waals surface area contributed by atoms with E-state index in [9.17, 15) is 14.4 Å². The summed E-state index contributed by atoms with van der Waals surface area (Å²) in [6.07, 6.45) is 2.37. The highest BCUT2D eigenvalue weighted by molar-refractivity contribution is 5.81. The number of hydrogen-bond donors (Lipinski definition) is 3. The molecule has 0 bridgehead atoms. The number of benzene rings is 2. The minimum absolute atomic E-state index is 0.000689. The van der Waals surface area contributed by atoms with Gasteiger partial charge in [0.25, 0.3) is 0 Å². The Hall–Kier alpha value is -3.35. The van der Waals surface area contributed by atoms with Crippen molar-refractivity contribution in [2.75, 3.05) is 6.61 Å². The fourth-order valence-electron chi connectivity index (χ4n) is 5.05. The van der Waals surface area contributed by atoms with Crippen molar-refractivity contribution in [3.63, 3.8) is 0 Å². The lowest BCUT2D eigenvalue weighted by Gasteiger charge is -2.30. The van der Waals surface area contributed by atoms with Crippen molar-refractivity contribution in [1.29, 1.82) is 0 Å². The zero-order valence-corrected chi connectivity index (χ0v) is 19.6. The Bertz CT molecular complexity index is 1020. The summed E-state index contributed by atoms with van der Waals surface area (Å²) in [6.45, 7) is 3.53. The van der Waals surface area contributed by atoms with Gasteiger partial charge < -0.3 is 20.5 Å². The Morgan fingerprint density at radius 1 is 1.00 bits per heavy atom. The van der Waals surface area contributed by atoms with Gasteiger partial charge in [0, 0.05) is 23.9 Å². The molecule has 0 aromatic heterocycles. The van der Waals surface area contributed by atoms with Crippen LogP contribution in [0.5, 0.6) is 0 Å². The fourth-order valence-corrected chi connectivity index (χ4v) is 5.05. The van der Waals surface area contributed by atoms with Crippen molar-refractivity contribution in [3.05, 3.63) is 59.7 Å². The van der Waals surface area contributed by atoms with Crippen molar-refractivity contribution in [2.45, 2.75) is 57.5 Å². The number of rotatable bonds is 7. The van der Waals surface area contributed by atoms with E-state index in [1.165, 1.54) is 11.1 Å². The minimum atomic E-state index is -0.939. The van der Waals surface area contributed by atoms with Gasteiger partial charge in [0.15, 0.2) is 0 Å². The summed E-state index contributed by atoms with van der Waals surface area (Å²) in [4.78, 5) is 36.4. The van der Waals surface area contributed by atoms with E-state index in [1.807, 2.05) is 24.3 Å². The topological polar surface area (TPSA) is 105 Å². The molecule has 0 radical (unpaired) electrons. The molecule has 2 unspecified atom stereocenters. The number of alkyl carbamates (subject to hydrolysis) is 1. The van der Waals surface area contributed by atoms with Gasteiger partial charge in [-0.3, -0.25) is 9.59 Å². The normalized spacial score (nSPS) is 21.0. The van der Waals surface area contributed by atoms with E-state index < -0.39 is 24.0 Å². The lowest BCUT2D eigenvalue weighted by atomic mass is 9.85. The number of carbonyl (C=O) groups excluding carboxylic acids is 2. The number of carboxylic acids is 1. The largest absolute Gasteiger partial charge is 0.481 e. The van der Waals surface area contributed by atoms with Crippen molar-refractivity contribution in [2.24, 2.45) is 11.8 Å². The molecule has 0 heterocycles. The van der Waals surface area contributed by atoms with Crippen molar-refractivity contribution in [3.8, 4) is 11.1 Å². The molecule has 180 valence electrons. The first-order valence-electron chi connectivity index (χ1n) is 12.0. The molecule has 2 aromatic carbocycles. The van der Waals surface area contributed by atoms with E-state index in [0.717, 1.165) is 30.4 Å². The second-order valence-electron chi connectivity index (χ2n) is 9.45. The number of amides is 2. The van der Waals surface area contributed by atoms with E-state index in [2.05, 4.69) is 34.9 Å². The molecule has 2 aromatic rings. The van der Waals surface area contributed by atoms with Crippen molar-refractivity contribution in [1.82, 2.24) is 10.6 Å². The molecule has 0 aliphatic heterocycles. The Morgan fingerprint density at radius 2 is 1.62 bits per heavy atom. The number of hydrogen-bond acceptors (Lipinski definition) is 4. The molecule has 2 aliphatic carbocycles. The summed E-state index contributed by atoms with van der Waals surface area (Å²) in [5.41, 5.74) is 4.69. The molecular weight excluding hydrogens is 432 g/mol. The molecule has 0 spiro atoms. The molecule has 7 heteroatoms.